The van der Waals surface area contributed by atoms with Crippen LogP contribution >= 0.6 is 8.60 Å². The van der Waals surface area contributed by atoms with Crippen molar-refractivity contribution in [2.45, 2.75) is 525 Å². The van der Waals surface area contributed by atoms with Crippen LogP contribution < -0.4 is 0 Å². The number of phenols is 3. The summed E-state index contributed by atoms with van der Waals surface area (Å²) in [5.41, 5.74) is 13.0. The van der Waals surface area contributed by atoms with Gasteiger partial charge in [0.15, 0.2) is 0 Å². The zero-order valence-electron chi connectivity index (χ0n) is 72.5. The molecule has 0 spiro atoms. The minimum atomic E-state index is -2.62. The van der Waals surface area contributed by atoms with Gasteiger partial charge in [0.05, 0.1) is 0 Å². The number of phenolic OH excluding ortho intramolecular Hbond substituents is 3. The van der Waals surface area contributed by atoms with Crippen LogP contribution in [0.2, 0.25) is 0 Å². The van der Waals surface area contributed by atoms with Gasteiger partial charge in [0.2, 0.25) is 0 Å². The Bertz CT molecular complexity index is 2040. The molecule has 0 amide bonds. The summed E-state index contributed by atoms with van der Waals surface area (Å²) in [6, 6.07) is 12.7. The summed E-state index contributed by atoms with van der Waals surface area (Å²) in [5.74, 6) is 1.69. The largest absolute Gasteiger partial charge is 0.508 e. The lowest BCUT2D eigenvalue weighted by molar-refractivity contribution is 0.368. The van der Waals surface area contributed by atoms with E-state index in [1.807, 2.05) is 18.2 Å². The molecule has 0 heterocycles. The van der Waals surface area contributed by atoms with Gasteiger partial charge < -0.3 is 30.0 Å². The number of hydrogen-bond donors (Lipinski definition) is 6. The third kappa shape index (κ3) is 61.0. The Morgan fingerprint density at radius 3 is 0.415 bits per heavy atom. The van der Waals surface area contributed by atoms with E-state index in [0.29, 0.717) is 17.2 Å². The van der Waals surface area contributed by atoms with Crippen molar-refractivity contribution in [1.82, 2.24) is 0 Å². The molecule has 0 aliphatic carbocycles. The molecule has 0 radical (unpaired) electrons. The molecule has 0 aromatic heterocycles. The zero-order valence-corrected chi connectivity index (χ0v) is 73.4. The molecule has 6 N–H and O–H groups in total. The second-order valence-corrected chi connectivity index (χ2v) is 33.2. The monoisotopic (exact) mass is 1500 g/mol. The quantitative estimate of drug-likeness (QED) is 0.0247. The van der Waals surface area contributed by atoms with Crippen molar-refractivity contribution in [3.05, 3.63) is 86.5 Å². The van der Waals surface area contributed by atoms with Gasteiger partial charge in [-0.05, 0) is 184 Å². The van der Waals surface area contributed by atoms with Crippen LogP contribution in [-0.4, -0.2) is 30.0 Å². The van der Waals surface area contributed by atoms with E-state index in [2.05, 4.69) is 80.5 Å². The Kier molecular flexibility index (Phi) is 78.4. The average Bonchev–Trinajstić information content (AvgIpc) is 0.843. The van der Waals surface area contributed by atoms with Crippen LogP contribution in [0.3, 0.4) is 0 Å². The maximum atomic E-state index is 10.8. The molecule has 0 fully saturated rings. The fraction of sp³-hybridized carbons (Fsp3) is 0.818. The van der Waals surface area contributed by atoms with Gasteiger partial charge in [-0.25, -0.2) is 0 Å². The van der Waals surface area contributed by atoms with Crippen LogP contribution in [0, 0.1) is 0 Å². The minimum Gasteiger partial charge on any atom is -0.508 e. The number of aryl methyl sites for hydroxylation is 3. The average molecular weight is 1500 g/mol. The van der Waals surface area contributed by atoms with E-state index in [1.165, 1.54) is 493 Å². The van der Waals surface area contributed by atoms with Gasteiger partial charge in [0.1, 0.15) is 17.2 Å². The highest BCUT2D eigenvalue weighted by Crippen LogP contribution is 2.34. The van der Waals surface area contributed by atoms with Gasteiger partial charge in [0.25, 0.3) is 0 Å². The Morgan fingerprint density at radius 1 is 0.160 bits per heavy atom. The summed E-state index contributed by atoms with van der Waals surface area (Å²) in [5, 5.41) is 32.3. The molecule has 106 heavy (non-hydrogen) atoms. The topological polar surface area (TPSA) is 121 Å². The maximum absolute atomic E-state index is 10.8. The molecule has 6 nitrogen and oxygen atoms in total. The van der Waals surface area contributed by atoms with E-state index in [-0.39, 0.29) is 0 Å². The highest BCUT2D eigenvalue weighted by atomic mass is 31.2. The molecule has 0 saturated carbocycles. The normalized spacial score (nSPS) is 11.3. The Morgan fingerprint density at radius 2 is 0.274 bits per heavy atom. The maximum Gasteiger partial charge on any atom is 0.324 e. The lowest BCUT2D eigenvalue weighted by atomic mass is 9.89. The molecule has 3 aromatic rings. The van der Waals surface area contributed by atoms with Crippen molar-refractivity contribution in [2.24, 2.45) is 0 Å². The third-order valence-corrected chi connectivity index (χ3v) is 22.8. The molecule has 0 unspecified atom stereocenters. The summed E-state index contributed by atoms with van der Waals surface area (Å²) < 4.78 is 0. The number of unbranched alkanes of at least 4 members (excludes halogenated alkanes) is 54. The van der Waals surface area contributed by atoms with E-state index in [4.69, 9.17) is 14.7 Å². The number of hydrogen-bond acceptors (Lipinski definition) is 6. The highest BCUT2D eigenvalue weighted by molar-refractivity contribution is 7.38. The predicted molar refractivity (Wildman–Crippen MR) is 473 cm³/mol. The van der Waals surface area contributed by atoms with Gasteiger partial charge in [-0.3, -0.25) is 0 Å². The molecular formula is C99H183O6P. The van der Waals surface area contributed by atoms with Gasteiger partial charge in [-0.1, -0.05) is 427 Å². The molecule has 620 valence electrons. The van der Waals surface area contributed by atoms with Gasteiger partial charge in [0, 0.05) is 0 Å². The van der Waals surface area contributed by atoms with Crippen LogP contribution in [-0.2, 0) is 57.8 Å². The molecule has 3 aromatic carbocycles. The van der Waals surface area contributed by atoms with Crippen molar-refractivity contribution >= 4 is 8.60 Å². The molecule has 0 bridgehead atoms. The summed E-state index contributed by atoms with van der Waals surface area (Å²) in [6.07, 6.45) is 95.6. The van der Waals surface area contributed by atoms with E-state index in [0.717, 1.165) is 19.3 Å². The van der Waals surface area contributed by atoms with Crippen LogP contribution in [0.15, 0.2) is 36.4 Å². The van der Waals surface area contributed by atoms with Crippen molar-refractivity contribution in [3.63, 3.8) is 0 Å². The van der Waals surface area contributed by atoms with Crippen LogP contribution in [0.1, 0.15) is 517 Å². The first-order valence-electron chi connectivity index (χ1n) is 47.3. The first-order chi connectivity index (χ1) is 52.0. The fourth-order valence-electron chi connectivity index (χ4n) is 16.0. The highest BCUT2D eigenvalue weighted by Gasteiger charge is 2.17. The van der Waals surface area contributed by atoms with Crippen LogP contribution in [0.4, 0.5) is 0 Å². The van der Waals surface area contributed by atoms with Crippen LogP contribution in [0.25, 0.3) is 0 Å². The predicted octanol–water partition coefficient (Wildman–Crippen LogP) is 33.0. The minimum absolute atomic E-state index is 0.562. The second kappa shape index (κ2) is 80.4. The zero-order chi connectivity index (χ0) is 77.7. The van der Waals surface area contributed by atoms with Crippen molar-refractivity contribution in [1.29, 1.82) is 0 Å². The smallest absolute Gasteiger partial charge is 0.324 e. The molecule has 0 aliphatic rings. The summed E-state index contributed by atoms with van der Waals surface area (Å²) in [4.78, 5) is 21.7. The standard InChI is InChI=1S/3C33H60O.H3O3P/c3*1-4-7-10-13-16-19-22-25-30-28-29-33(34)32(27-24-21-18-15-12-9-6-3)31(30)26-23-20-17-14-11-8-5-2;1-4(2)3/h3*28-29,34H,4-27H2,1-3H3;1-3H. The number of benzene rings is 3. The molecule has 0 aliphatic heterocycles. The summed E-state index contributed by atoms with van der Waals surface area (Å²) in [6.45, 7) is 20.6. The van der Waals surface area contributed by atoms with Crippen molar-refractivity contribution in [2.75, 3.05) is 0 Å². The third-order valence-electron chi connectivity index (χ3n) is 22.8. The fourth-order valence-corrected chi connectivity index (χ4v) is 16.0. The van der Waals surface area contributed by atoms with Crippen LogP contribution in [0.5, 0.6) is 17.2 Å². The number of rotatable bonds is 72. The van der Waals surface area contributed by atoms with Crippen molar-refractivity contribution in [3.8, 4) is 17.2 Å². The molecule has 7 heteroatoms. The lowest BCUT2D eigenvalue weighted by Gasteiger charge is -2.17. The Balaban J connectivity index is 0.00000152. The number of aromatic hydroxyl groups is 3. The SMILES string of the molecule is CCCCCCCCCc1ccc(O)c(CCCCCCCCC)c1CCCCCCCCC.CCCCCCCCCc1ccc(O)c(CCCCCCCCC)c1CCCCCCCCC.CCCCCCCCCc1ccc(O)c(CCCCCCCCC)c1CCCCCCCCC.OP(O)O. The van der Waals surface area contributed by atoms with Gasteiger partial charge in [-0.2, -0.15) is 0 Å². The first-order valence-corrected chi connectivity index (χ1v) is 48.5. The molecule has 3 rings (SSSR count). The van der Waals surface area contributed by atoms with E-state index >= 15 is 0 Å². The lowest BCUT2D eigenvalue weighted by Crippen LogP contribution is -2.03. The van der Waals surface area contributed by atoms with Crippen molar-refractivity contribution < 1.29 is 30.0 Å². The summed E-state index contributed by atoms with van der Waals surface area (Å²) >= 11 is 0. The first kappa shape index (κ1) is 103. The Labute approximate surface area is 663 Å². The molecule has 0 atom stereocenters. The van der Waals surface area contributed by atoms with Gasteiger partial charge in [-0.15, -0.1) is 0 Å². The van der Waals surface area contributed by atoms with Gasteiger partial charge >= 0.3 is 8.60 Å². The molecule has 0 saturated heterocycles. The van der Waals surface area contributed by atoms with E-state index in [9.17, 15) is 15.3 Å². The van der Waals surface area contributed by atoms with E-state index in [1.54, 1.807) is 0 Å². The van der Waals surface area contributed by atoms with E-state index < -0.39 is 8.60 Å². The second-order valence-electron chi connectivity index (χ2n) is 32.7. The summed E-state index contributed by atoms with van der Waals surface area (Å²) in [7, 11) is -2.62. The Hall–Kier alpha value is -2.63. The molecular weight excluding hydrogens is 1320 g/mol.